The van der Waals surface area contributed by atoms with Crippen molar-refractivity contribution in [3.8, 4) is 0 Å². The highest BCUT2D eigenvalue weighted by atomic mass is 16.6. The van der Waals surface area contributed by atoms with Gasteiger partial charge in [-0.3, -0.25) is 4.90 Å². The van der Waals surface area contributed by atoms with Gasteiger partial charge < -0.3 is 9.47 Å². The van der Waals surface area contributed by atoms with Gasteiger partial charge in [-0.2, -0.15) is 0 Å². The first-order chi connectivity index (χ1) is 5.90. The first kappa shape index (κ1) is 7.30. The summed E-state index contributed by atoms with van der Waals surface area (Å²) in [5.74, 6) is 0. The van der Waals surface area contributed by atoms with Crippen LogP contribution < -0.4 is 0 Å². The average Bonchev–Trinajstić information content (AvgIpc) is 2.79. The molecule has 3 saturated heterocycles. The zero-order chi connectivity index (χ0) is 7.97. The Kier molecular flexibility index (Phi) is 1.63. The van der Waals surface area contributed by atoms with E-state index in [9.17, 15) is 0 Å². The van der Waals surface area contributed by atoms with E-state index in [1.54, 1.807) is 0 Å². The second-order valence-corrected chi connectivity index (χ2v) is 4.13. The normalized spacial score (nSPS) is 46.5. The van der Waals surface area contributed by atoms with Crippen molar-refractivity contribution in [3.63, 3.8) is 0 Å². The molecule has 0 saturated carbocycles. The number of ether oxygens (including phenoxy) is 2. The van der Waals surface area contributed by atoms with Crippen molar-refractivity contribution in [2.75, 3.05) is 26.2 Å². The molecule has 3 aliphatic rings. The molecule has 2 bridgehead atoms. The van der Waals surface area contributed by atoms with Gasteiger partial charge in [0, 0.05) is 19.6 Å². The number of fused-ring (bicyclic) bond motifs is 2. The molecule has 0 amide bonds. The van der Waals surface area contributed by atoms with E-state index in [1.807, 2.05) is 0 Å². The Labute approximate surface area is 72.6 Å². The van der Waals surface area contributed by atoms with Gasteiger partial charge in [0.15, 0.2) is 0 Å². The highest BCUT2D eigenvalue weighted by Gasteiger charge is 2.36. The van der Waals surface area contributed by atoms with Gasteiger partial charge in [0.2, 0.25) is 0 Å². The molecule has 3 nitrogen and oxygen atoms in total. The molecule has 3 aliphatic heterocycles. The molecular formula is C9H15NO2. The van der Waals surface area contributed by atoms with E-state index in [-0.39, 0.29) is 0 Å². The minimum Gasteiger partial charge on any atom is -0.372 e. The van der Waals surface area contributed by atoms with Crippen molar-refractivity contribution in [1.82, 2.24) is 4.90 Å². The SMILES string of the molecule is C1CC2CN(C[C@@H]3CO3)CC1O2. The molecule has 0 aliphatic carbocycles. The Balaban J connectivity index is 1.58. The summed E-state index contributed by atoms with van der Waals surface area (Å²) in [6.45, 7) is 4.38. The van der Waals surface area contributed by atoms with E-state index in [4.69, 9.17) is 9.47 Å². The summed E-state index contributed by atoms with van der Waals surface area (Å²) in [6, 6.07) is 0. The third kappa shape index (κ3) is 1.37. The van der Waals surface area contributed by atoms with Crippen LogP contribution in [0, 0.1) is 0 Å². The number of morpholine rings is 1. The molecule has 0 aromatic heterocycles. The molecule has 3 fully saturated rings. The molecule has 2 unspecified atom stereocenters. The lowest BCUT2D eigenvalue weighted by atomic mass is 10.2. The fraction of sp³-hybridized carbons (Fsp3) is 1.00. The van der Waals surface area contributed by atoms with Crippen LogP contribution in [0.3, 0.4) is 0 Å². The van der Waals surface area contributed by atoms with Crippen molar-refractivity contribution in [2.45, 2.75) is 31.2 Å². The summed E-state index contributed by atoms with van der Waals surface area (Å²) in [6.07, 6.45) is 4.15. The number of likely N-dealkylation sites (tertiary alicyclic amines) is 1. The summed E-state index contributed by atoms with van der Waals surface area (Å²) in [4.78, 5) is 2.50. The molecule has 68 valence electrons. The van der Waals surface area contributed by atoms with Gasteiger partial charge >= 0.3 is 0 Å². The quantitative estimate of drug-likeness (QED) is 0.554. The minimum atomic E-state index is 0.530. The second-order valence-electron chi connectivity index (χ2n) is 4.13. The molecule has 3 heterocycles. The fourth-order valence-corrected chi connectivity index (χ4v) is 2.31. The fourth-order valence-electron chi connectivity index (χ4n) is 2.31. The Morgan fingerprint density at radius 1 is 1.17 bits per heavy atom. The average molecular weight is 169 g/mol. The predicted molar refractivity (Wildman–Crippen MR) is 44.1 cm³/mol. The van der Waals surface area contributed by atoms with Crippen LogP contribution in [-0.2, 0) is 9.47 Å². The molecule has 12 heavy (non-hydrogen) atoms. The molecule has 0 spiro atoms. The van der Waals surface area contributed by atoms with Crippen molar-refractivity contribution < 1.29 is 9.47 Å². The number of rotatable bonds is 2. The highest BCUT2D eigenvalue weighted by molar-refractivity contribution is 4.87. The van der Waals surface area contributed by atoms with Crippen molar-refractivity contribution in [3.05, 3.63) is 0 Å². The van der Waals surface area contributed by atoms with E-state index in [0.29, 0.717) is 18.3 Å². The zero-order valence-corrected chi connectivity index (χ0v) is 7.24. The van der Waals surface area contributed by atoms with Crippen LogP contribution in [0.5, 0.6) is 0 Å². The van der Waals surface area contributed by atoms with Gasteiger partial charge in [0.25, 0.3) is 0 Å². The van der Waals surface area contributed by atoms with Crippen LogP contribution in [-0.4, -0.2) is 49.5 Å². The van der Waals surface area contributed by atoms with Gasteiger partial charge in [-0.25, -0.2) is 0 Å². The number of epoxide rings is 1. The smallest absolute Gasteiger partial charge is 0.0936 e. The third-order valence-corrected chi connectivity index (χ3v) is 2.98. The van der Waals surface area contributed by atoms with E-state index in [2.05, 4.69) is 4.90 Å². The van der Waals surface area contributed by atoms with E-state index >= 15 is 0 Å². The first-order valence-corrected chi connectivity index (χ1v) is 4.89. The standard InChI is InChI=1S/C9H15NO2/c1-2-8-4-10(3-7(1)12-8)5-9-6-11-9/h7-9H,1-6H2/t7?,8?,9-/m1/s1. The van der Waals surface area contributed by atoms with Crippen LogP contribution in [0.1, 0.15) is 12.8 Å². The molecule has 3 rings (SSSR count). The lowest BCUT2D eigenvalue weighted by Gasteiger charge is -2.31. The largest absolute Gasteiger partial charge is 0.372 e. The number of hydrogen-bond acceptors (Lipinski definition) is 3. The van der Waals surface area contributed by atoms with Crippen LogP contribution in [0.4, 0.5) is 0 Å². The van der Waals surface area contributed by atoms with E-state index < -0.39 is 0 Å². The van der Waals surface area contributed by atoms with Gasteiger partial charge in [-0.15, -0.1) is 0 Å². The molecule has 0 aromatic rings. The molecule has 3 heteroatoms. The zero-order valence-electron chi connectivity index (χ0n) is 7.24. The summed E-state index contributed by atoms with van der Waals surface area (Å²) < 4.78 is 11.0. The lowest BCUT2D eigenvalue weighted by Crippen LogP contribution is -2.44. The molecule has 3 atom stereocenters. The summed E-state index contributed by atoms with van der Waals surface area (Å²) in [5.41, 5.74) is 0. The van der Waals surface area contributed by atoms with E-state index in [1.165, 1.54) is 12.8 Å². The molecule has 0 aromatic carbocycles. The Bertz CT molecular complexity index is 169. The Morgan fingerprint density at radius 3 is 2.42 bits per heavy atom. The van der Waals surface area contributed by atoms with E-state index in [0.717, 1.165) is 26.2 Å². The van der Waals surface area contributed by atoms with Crippen molar-refractivity contribution in [2.24, 2.45) is 0 Å². The van der Waals surface area contributed by atoms with Crippen LogP contribution in [0.2, 0.25) is 0 Å². The molecule has 0 radical (unpaired) electrons. The summed E-state index contributed by atoms with van der Waals surface area (Å²) in [7, 11) is 0. The molecule has 0 N–H and O–H groups in total. The Morgan fingerprint density at radius 2 is 1.83 bits per heavy atom. The van der Waals surface area contributed by atoms with Gasteiger partial charge in [-0.1, -0.05) is 0 Å². The topological polar surface area (TPSA) is 25.0 Å². The maximum Gasteiger partial charge on any atom is 0.0936 e. The lowest BCUT2D eigenvalue weighted by molar-refractivity contribution is -0.0396. The predicted octanol–water partition coefficient (Wildman–Crippen LogP) is 0.248. The number of nitrogens with zero attached hydrogens (tertiary/aromatic N) is 1. The minimum absolute atomic E-state index is 0.530. The number of hydrogen-bond donors (Lipinski definition) is 0. The molecular weight excluding hydrogens is 154 g/mol. The van der Waals surface area contributed by atoms with Gasteiger partial charge in [0.1, 0.15) is 0 Å². The monoisotopic (exact) mass is 169 g/mol. The second kappa shape index (κ2) is 2.69. The van der Waals surface area contributed by atoms with Gasteiger partial charge in [0.05, 0.1) is 24.9 Å². The van der Waals surface area contributed by atoms with Crippen LogP contribution in [0.25, 0.3) is 0 Å². The van der Waals surface area contributed by atoms with Crippen LogP contribution in [0.15, 0.2) is 0 Å². The summed E-state index contributed by atoms with van der Waals surface area (Å²) in [5, 5.41) is 0. The van der Waals surface area contributed by atoms with Gasteiger partial charge in [-0.05, 0) is 12.8 Å². The van der Waals surface area contributed by atoms with Crippen molar-refractivity contribution >= 4 is 0 Å². The Hall–Kier alpha value is -0.120. The third-order valence-electron chi connectivity index (χ3n) is 2.98. The summed E-state index contributed by atoms with van der Waals surface area (Å²) >= 11 is 0. The maximum atomic E-state index is 5.75. The van der Waals surface area contributed by atoms with Crippen LogP contribution >= 0.6 is 0 Å². The highest BCUT2D eigenvalue weighted by Crippen LogP contribution is 2.27. The first-order valence-electron chi connectivity index (χ1n) is 4.89. The maximum absolute atomic E-state index is 5.75. The van der Waals surface area contributed by atoms with Crippen molar-refractivity contribution in [1.29, 1.82) is 0 Å².